The van der Waals surface area contributed by atoms with E-state index >= 15 is 0 Å². The Morgan fingerprint density at radius 2 is 2.11 bits per heavy atom. The van der Waals surface area contributed by atoms with Gasteiger partial charge < -0.3 is 0 Å². The van der Waals surface area contributed by atoms with E-state index in [1.54, 1.807) is 23.7 Å². The lowest BCUT2D eigenvalue weighted by molar-refractivity contribution is -0.384. The number of rotatable bonds is 5. The number of nitrogens with zero attached hydrogens (tertiary/aromatic N) is 5. The standard InChI is InChI=1S/C11H12ClN5O2/c1-8(12)11-13-14-15-16(11)7-6-9-2-4-10(5-3-9)17(18)19/h2-5,8H,6-7H2,1H3. The fourth-order valence-electron chi connectivity index (χ4n) is 1.68. The summed E-state index contributed by atoms with van der Waals surface area (Å²) < 4.78 is 1.64. The molecule has 0 aliphatic rings. The maximum absolute atomic E-state index is 10.5. The summed E-state index contributed by atoms with van der Waals surface area (Å²) in [6.45, 7) is 2.38. The van der Waals surface area contributed by atoms with Crippen LogP contribution in [0, 0.1) is 10.1 Å². The molecule has 0 N–H and O–H groups in total. The number of nitro groups is 1. The molecule has 0 radical (unpaired) electrons. The van der Waals surface area contributed by atoms with Crippen molar-refractivity contribution in [1.82, 2.24) is 20.2 Å². The van der Waals surface area contributed by atoms with Gasteiger partial charge in [-0.15, -0.1) is 16.7 Å². The van der Waals surface area contributed by atoms with Crippen molar-refractivity contribution in [2.75, 3.05) is 0 Å². The average Bonchev–Trinajstić information content (AvgIpc) is 2.85. The minimum Gasteiger partial charge on any atom is -0.258 e. The Labute approximate surface area is 114 Å². The maximum atomic E-state index is 10.5. The predicted octanol–water partition coefficient (Wildman–Crippen LogP) is 2.12. The fraction of sp³-hybridized carbons (Fsp3) is 0.364. The fourth-order valence-corrected chi connectivity index (χ4v) is 1.83. The number of alkyl halides is 1. The molecule has 7 nitrogen and oxygen atoms in total. The first kappa shape index (κ1) is 13.4. The summed E-state index contributed by atoms with van der Waals surface area (Å²) in [4.78, 5) is 10.1. The third-order valence-electron chi connectivity index (χ3n) is 2.67. The van der Waals surface area contributed by atoms with Crippen molar-refractivity contribution < 1.29 is 4.92 Å². The first-order valence-corrected chi connectivity index (χ1v) is 6.15. The monoisotopic (exact) mass is 281 g/mol. The van der Waals surface area contributed by atoms with Crippen LogP contribution in [-0.4, -0.2) is 25.1 Å². The zero-order valence-electron chi connectivity index (χ0n) is 10.2. The van der Waals surface area contributed by atoms with E-state index in [0.29, 0.717) is 18.8 Å². The Kier molecular flexibility index (Phi) is 4.06. The first-order chi connectivity index (χ1) is 9.08. The van der Waals surface area contributed by atoms with Crippen LogP contribution in [0.2, 0.25) is 0 Å². The highest BCUT2D eigenvalue weighted by Gasteiger charge is 2.11. The lowest BCUT2D eigenvalue weighted by Crippen LogP contribution is -2.08. The zero-order chi connectivity index (χ0) is 13.8. The number of nitro benzene ring substituents is 1. The SMILES string of the molecule is CC(Cl)c1nnnn1CCc1ccc([N+](=O)[O-])cc1. The topological polar surface area (TPSA) is 86.7 Å². The molecule has 1 unspecified atom stereocenters. The molecule has 0 saturated carbocycles. The van der Waals surface area contributed by atoms with Gasteiger partial charge in [0.25, 0.3) is 5.69 Å². The summed E-state index contributed by atoms with van der Waals surface area (Å²) in [6.07, 6.45) is 0.680. The summed E-state index contributed by atoms with van der Waals surface area (Å²) in [5, 5.41) is 21.6. The van der Waals surface area contributed by atoms with E-state index in [1.807, 2.05) is 0 Å². The van der Waals surface area contributed by atoms with E-state index in [9.17, 15) is 10.1 Å². The number of non-ortho nitro benzene ring substituents is 1. The Morgan fingerprint density at radius 3 is 2.68 bits per heavy atom. The molecule has 0 amide bonds. The van der Waals surface area contributed by atoms with Gasteiger partial charge in [0.15, 0.2) is 5.82 Å². The number of aromatic nitrogens is 4. The normalized spacial score (nSPS) is 12.3. The van der Waals surface area contributed by atoms with Crippen LogP contribution in [0.25, 0.3) is 0 Å². The van der Waals surface area contributed by atoms with Gasteiger partial charge >= 0.3 is 0 Å². The lowest BCUT2D eigenvalue weighted by Gasteiger charge is -2.05. The minimum atomic E-state index is -0.418. The van der Waals surface area contributed by atoms with Crippen molar-refractivity contribution in [1.29, 1.82) is 0 Å². The molecule has 19 heavy (non-hydrogen) atoms. The molecule has 100 valence electrons. The second kappa shape index (κ2) is 5.75. The summed E-state index contributed by atoms with van der Waals surface area (Å²) in [5.74, 6) is 0.614. The summed E-state index contributed by atoms with van der Waals surface area (Å²) in [7, 11) is 0. The molecule has 0 spiro atoms. The third kappa shape index (κ3) is 3.25. The molecular weight excluding hydrogens is 270 g/mol. The predicted molar refractivity (Wildman–Crippen MR) is 68.9 cm³/mol. The highest BCUT2D eigenvalue weighted by Crippen LogP contribution is 2.16. The summed E-state index contributed by atoms with van der Waals surface area (Å²) in [5.41, 5.74) is 1.07. The quantitative estimate of drug-likeness (QED) is 0.476. The van der Waals surface area contributed by atoms with Crippen molar-refractivity contribution in [3.05, 3.63) is 45.8 Å². The van der Waals surface area contributed by atoms with Gasteiger partial charge in [-0.2, -0.15) is 0 Å². The lowest BCUT2D eigenvalue weighted by atomic mass is 10.1. The van der Waals surface area contributed by atoms with E-state index in [1.165, 1.54) is 12.1 Å². The van der Waals surface area contributed by atoms with Crippen molar-refractivity contribution in [3.8, 4) is 0 Å². The Hall–Kier alpha value is -2.02. The van der Waals surface area contributed by atoms with Crippen LogP contribution >= 0.6 is 11.6 Å². The largest absolute Gasteiger partial charge is 0.269 e. The van der Waals surface area contributed by atoms with Crippen LogP contribution in [0.1, 0.15) is 23.7 Å². The molecule has 1 atom stereocenters. The van der Waals surface area contributed by atoms with Crippen LogP contribution in [0.3, 0.4) is 0 Å². The van der Waals surface area contributed by atoms with Gasteiger partial charge in [-0.1, -0.05) is 12.1 Å². The minimum absolute atomic E-state index is 0.0845. The van der Waals surface area contributed by atoms with Gasteiger partial charge in [-0.3, -0.25) is 10.1 Å². The second-order valence-electron chi connectivity index (χ2n) is 4.05. The number of halogens is 1. The molecule has 1 aromatic carbocycles. The number of benzene rings is 1. The molecule has 1 heterocycles. The highest BCUT2D eigenvalue weighted by atomic mass is 35.5. The van der Waals surface area contributed by atoms with E-state index in [-0.39, 0.29) is 11.1 Å². The van der Waals surface area contributed by atoms with Gasteiger partial charge in [-0.05, 0) is 29.3 Å². The van der Waals surface area contributed by atoms with Gasteiger partial charge in [0.2, 0.25) is 0 Å². The molecule has 8 heteroatoms. The second-order valence-corrected chi connectivity index (χ2v) is 4.70. The Bertz CT molecular complexity index is 567. The van der Waals surface area contributed by atoms with Gasteiger partial charge in [0.1, 0.15) is 0 Å². The van der Waals surface area contributed by atoms with E-state index < -0.39 is 4.92 Å². The molecule has 0 aliphatic carbocycles. The average molecular weight is 282 g/mol. The van der Waals surface area contributed by atoms with E-state index in [2.05, 4.69) is 15.5 Å². The van der Waals surface area contributed by atoms with E-state index in [4.69, 9.17) is 11.6 Å². The molecule has 2 rings (SSSR count). The molecule has 0 fully saturated rings. The summed E-state index contributed by atoms with van der Waals surface area (Å²) in [6, 6.07) is 6.43. The number of tetrazole rings is 1. The number of aryl methyl sites for hydroxylation is 2. The Balaban J connectivity index is 2.02. The third-order valence-corrected chi connectivity index (χ3v) is 2.87. The van der Waals surface area contributed by atoms with Crippen LogP contribution < -0.4 is 0 Å². The van der Waals surface area contributed by atoms with Crippen LogP contribution in [-0.2, 0) is 13.0 Å². The zero-order valence-corrected chi connectivity index (χ0v) is 11.0. The highest BCUT2D eigenvalue weighted by molar-refractivity contribution is 6.20. The molecule has 0 saturated heterocycles. The Morgan fingerprint density at radius 1 is 1.42 bits per heavy atom. The first-order valence-electron chi connectivity index (χ1n) is 5.71. The van der Waals surface area contributed by atoms with Crippen molar-refractivity contribution >= 4 is 17.3 Å². The molecule has 0 aliphatic heterocycles. The van der Waals surface area contributed by atoms with Crippen LogP contribution in [0.15, 0.2) is 24.3 Å². The van der Waals surface area contributed by atoms with Gasteiger partial charge in [-0.25, -0.2) is 4.68 Å². The number of hydrogen-bond donors (Lipinski definition) is 0. The molecule has 1 aromatic heterocycles. The molecule has 2 aromatic rings. The maximum Gasteiger partial charge on any atom is 0.269 e. The van der Waals surface area contributed by atoms with Crippen LogP contribution in [0.5, 0.6) is 0 Å². The number of hydrogen-bond acceptors (Lipinski definition) is 5. The van der Waals surface area contributed by atoms with Gasteiger partial charge in [0, 0.05) is 18.7 Å². The van der Waals surface area contributed by atoms with Crippen molar-refractivity contribution in [3.63, 3.8) is 0 Å². The van der Waals surface area contributed by atoms with Crippen LogP contribution in [0.4, 0.5) is 5.69 Å². The van der Waals surface area contributed by atoms with Crippen molar-refractivity contribution in [2.45, 2.75) is 25.3 Å². The smallest absolute Gasteiger partial charge is 0.258 e. The van der Waals surface area contributed by atoms with Gasteiger partial charge in [0.05, 0.1) is 10.3 Å². The molecule has 0 bridgehead atoms. The molecular formula is C11H12ClN5O2. The van der Waals surface area contributed by atoms with Crippen molar-refractivity contribution in [2.24, 2.45) is 0 Å². The van der Waals surface area contributed by atoms with E-state index in [0.717, 1.165) is 5.56 Å². The summed E-state index contributed by atoms with van der Waals surface area (Å²) >= 11 is 5.95.